The van der Waals surface area contributed by atoms with Crippen molar-refractivity contribution < 1.29 is 4.79 Å². The van der Waals surface area contributed by atoms with Crippen molar-refractivity contribution in [3.8, 4) is 5.69 Å². The van der Waals surface area contributed by atoms with Crippen LogP contribution in [0.4, 0.5) is 0 Å². The van der Waals surface area contributed by atoms with Gasteiger partial charge in [0.05, 0.1) is 5.75 Å². The number of carbonyl (C=O) groups is 1. The van der Waals surface area contributed by atoms with Crippen LogP contribution in [0.1, 0.15) is 52.0 Å². The largest absolute Gasteiger partial charge is 0.345 e. The number of carbonyl (C=O) groups excluding carboxylic acids is 1. The van der Waals surface area contributed by atoms with Crippen molar-refractivity contribution in [2.45, 2.75) is 51.7 Å². The quantitative estimate of drug-likeness (QED) is 0.463. The Balaban J connectivity index is 1.55. The molecule has 0 unspecified atom stereocenters. The summed E-state index contributed by atoms with van der Waals surface area (Å²) in [7, 11) is 0. The Morgan fingerprint density at radius 2 is 1.93 bits per heavy atom. The van der Waals surface area contributed by atoms with Gasteiger partial charge in [-0.1, -0.05) is 23.9 Å². The number of Topliss-reactive ketones (excluding diaryl/α,β-unsaturated/α-hetero) is 1. The van der Waals surface area contributed by atoms with E-state index in [0.717, 1.165) is 27.9 Å². The lowest BCUT2D eigenvalue weighted by Crippen LogP contribution is -2.07. The van der Waals surface area contributed by atoms with Gasteiger partial charge in [0.15, 0.2) is 10.9 Å². The molecule has 140 valence electrons. The number of benzene rings is 1. The minimum absolute atomic E-state index is 0.149. The van der Waals surface area contributed by atoms with E-state index in [1.807, 2.05) is 29.7 Å². The van der Waals surface area contributed by atoms with Gasteiger partial charge in [-0.05, 0) is 64.3 Å². The lowest BCUT2D eigenvalue weighted by molar-refractivity contribution is 0.102. The van der Waals surface area contributed by atoms with Gasteiger partial charge in [-0.25, -0.2) is 0 Å². The third-order valence-electron chi connectivity index (χ3n) is 5.08. The molecule has 2 aromatic heterocycles. The zero-order chi connectivity index (χ0) is 19.1. The molecule has 1 aliphatic rings. The van der Waals surface area contributed by atoms with E-state index in [0.29, 0.717) is 11.8 Å². The van der Waals surface area contributed by atoms with E-state index in [4.69, 9.17) is 0 Å². The fourth-order valence-electron chi connectivity index (χ4n) is 3.66. The molecular weight excluding hydrogens is 356 g/mol. The van der Waals surface area contributed by atoms with Gasteiger partial charge >= 0.3 is 0 Å². The van der Waals surface area contributed by atoms with Crippen molar-refractivity contribution >= 4 is 17.5 Å². The number of thioether (sulfide) groups is 1. The third kappa shape index (κ3) is 3.46. The smallest absolute Gasteiger partial charge is 0.196 e. The summed E-state index contributed by atoms with van der Waals surface area (Å²) in [5.41, 5.74) is 5.32. The number of hydrogen-bond acceptors (Lipinski definition) is 4. The molecule has 0 radical (unpaired) electrons. The minimum atomic E-state index is 0.149. The minimum Gasteiger partial charge on any atom is -0.345 e. The highest BCUT2D eigenvalue weighted by atomic mass is 32.2. The molecule has 1 saturated carbocycles. The van der Waals surface area contributed by atoms with Crippen molar-refractivity contribution in [2.75, 3.05) is 5.75 Å². The molecule has 0 amide bonds. The van der Waals surface area contributed by atoms with E-state index < -0.39 is 0 Å². The maximum absolute atomic E-state index is 12.9. The normalized spacial score (nSPS) is 13.9. The molecule has 0 aliphatic heterocycles. The topological polar surface area (TPSA) is 52.7 Å². The zero-order valence-electron chi connectivity index (χ0n) is 16.2. The highest BCUT2D eigenvalue weighted by molar-refractivity contribution is 7.99. The fourth-order valence-corrected chi connectivity index (χ4v) is 4.54. The van der Waals surface area contributed by atoms with E-state index in [9.17, 15) is 4.79 Å². The molecule has 6 heteroatoms. The van der Waals surface area contributed by atoms with Crippen LogP contribution in [0.2, 0.25) is 0 Å². The summed E-state index contributed by atoms with van der Waals surface area (Å²) in [6.07, 6.45) is 2.44. The van der Waals surface area contributed by atoms with Crippen molar-refractivity contribution in [1.29, 1.82) is 0 Å². The van der Waals surface area contributed by atoms with Crippen LogP contribution in [0.3, 0.4) is 0 Å². The van der Waals surface area contributed by atoms with Crippen LogP contribution in [0.25, 0.3) is 5.69 Å². The SMILES string of the molecule is Cc1cccc(-n2c(C)nnc2SCC(=O)c2cc(C)n(C3CC3)c2C)c1. The summed E-state index contributed by atoms with van der Waals surface area (Å²) in [4.78, 5) is 12.9. The van der Waals surface area contributed by atoms with Gasteiger partial charge in [-0.3, -0.25) is 9.36 Å². The number of rotatable bonds is 6. The fraction of sp³-hybridized carbons (Fsp3) is 0.381. The Morgan fingerprint density at radius 1 is 1.15 bits per heavy atom. The summed E-state index contributed by atoms with van der Waals surface area (Å²) in [6, 6.07) is 10.9. The van der Waals surface area contributed by atoms with E-state index in [-0.39, 0.29) is 5.78 Å². The number of aryl methyl sites for hydroxylation is 3. The second kappa shape index (κ2) is 7.00. The van der Waals surface area contributed by atoms with E-state index >= 15 is 0 Å². The monoisotopic (exact) mass is 380 g/mol. The standard InChI is InChI=1S/C21H24N4OS/c1-13-6-5-7-18(10-13)25-16(4)22-23-21(25)27-12-20(26)19-11-14(2)24(15(19)3)17-8-9-17/h5-7,10-11,17H,8-9,12H2,1-4H3. The molecule has 0 atom stereocenters. The summed E-state index contributed by atoms with van der Waals surface area (Å²) in [6.45, 7) is 8.15. The molecule has 5 nitrogen and oxygen atoms in total. The van der Waals surface area contributed by atoms with Crippen molar-refractivity contribution in [3.63, 3.8) is 0 Å². The maximum Gasteiger partial charge on any atom is 0.196 e. The summed E-state index contributed by atoms with van der Waals surface area (Å²) in [5.74, 6) is 1.33. The van der Waals surface area contributed by atoms with Crippen LogP contribution in [0.5, 0.6) is 0 Å². The van der Waals surface area contributed by atoms with E-state index in [1.54, 1.807) is 0 Å². The van der Waals surface area contributed by atoms with Gasteiger partial charge in [0, 0.05) is 28.7 Å². The Kier molecular flexibility index (Phi) is 4.68. The summed E-state index contributed by atoms with van der Waals surface area (Å²) >= 11 is 1.45. The number of hydrogen-bond donors (Lipinski definition) is 0. The highest BCUT2D eigenvalue weighted by Crippen LogP contribution is 2.38. The Morgan fingerprint density at radius 3 is 2.63 bits per heavy atom. The molecule has 4 rings (SSSR count). The first-order chi connectivity index (χ1) is 13.0. The highest BCUT2D eigenvalue weighted by Gasteiger charge is 2.28. The molecule has 0 N–H and O–H groups in total. The van der Waals surface area contributed by atoms with Gasteiger partial charge in [-0.2, -0.15) is 0 Å². The zero-order valence-corrected chi connectivity index (χ0v) is 17.0. The van der Waals surface area contributed by atoms with Crippen LogP contribution >= 0.6 is 11.8 Å². The van der Waals surface area contributed by atoms with Crippen molar-refractivity contribution in [1.82, 2.24) is 19.3 Å². The lowest BCUT2D eigenvalue weighted by atomic mass is 10.2. The van der Waals surface area contributed by atoms with Gasteiger partial charge in [-0.15, -0.1) is 10.2 Å². The molecule has 1 aromatic carbocycles. The molecule has 1 aliphatic carbocycles. The molecule has 3 aromatic rings. The Labute approximate surface area is 163 Å². The van der Waals surface area contributed by atoms with Crippen molar-refractivity contribution in [2.24, 2.45) is 0 Å². The first-order valence-electron chi connectivity index (χ1n) is 9.29. The predicted molar refractivity (Wildman–Crippen MR) is 108 cm³/mol. The van der Waals surface area contributed by atoms with Gasteiger partial charge in [0.2, 0.25) is 0 Å². The van der Waals surface area contributed by atoms with Gasteiger partial charge < -0.3 is 4.57 Å². The Bertz CT molecular complexity index is 1010. The molecule has 2 heterocycles. The maximum atomic E-state index is 12.9. The average molecular weight is 381 g/mol. The number of aromatic nitrogens is 4. The average Bonchev–Trinajstić information content (AvgIpc) is 3.32. The second-order valence-corrected chi connectivity index (χ2v) is 8.24. The molecule has 0 bridgehead atoms. The number of nitrogens with zero attached hydrogens (tertiary/aromatic N) is 4. The third-order valence-corrected chi connectivity index (χ3v) is 6.01. The van der Waals surface area contributed by atoms with Crippen LogP contribution in [-0.4, -0.2) is 30.9 Å². The summed E-state index contributed by atoms with van der Waals surface area (Å²) in [5, 5.41) is 9.26. The van der Waals surface area contributed by atoms with Crippen LogP contribution < -0.4 is 0 Å². The molecule has 0 saturated heterocycles. The molecule has 27 heavy (non-hydrogen) atoms. The lowest BCUT2D eigenvalue weighted by Gasteiger charge is -2.09. The van der Waals surface area contributed by atoms with E-state index in [1.165, 1.54) is 35.9 Å². The van der Waals surface area contributed by atoms with Gasteiger partial charge in [0.1, 0.15) is 5.82 Å². The summed E-state index contributed by atoms with van der Waals surface area (Å²) < 4.78 is 4.33. The molecule has 1 fully saturated rings. The molecule has 0 spiro atoms. The van der Waals surface area contributed by atoms with Crippen LogP contribution in [0, 0.1) is 27.7 Å². The number of ketones is 1. The van der Waals surface area contributed by atoms with Crippen LogP contribution in [0.15, 0.2) is 35.5 Å². The Hall–Kier alpha value is -2.34. The van der Waals surface area contributed by atoms with Gasteiger partial charge in [0.25, 0.3) is 0 Å². The first-order valence-corrected chi connectivity index (χ1v) is 10.3. The molecular formula is C21H24N4OS. The van der Waals surface area contributed by atoms with Crippen LogP contribution in [-0.2, 0) is 0 Å². The predicted octanol–water partition coefficient (Wildman–Crippen LogP) is 4.61. The first kappa shape index (κ1) is 18.0. The van der Waals surface area contributed by atoms with Crippen molar-refractivity contribution in [3.05, 3.63) is 58.7 Å². The van der Waals surface area contributed by atoms with E-state index in [2.05, 4.69) is 47.7 Å². The second-order valence-electron chi connectivity index (χ2n) is 7.30.